The number of likely N-dealkylation sites (tertiary alicyclic amines) is 1. The maximum atomic E-state index is 12.6. The molecule has 1 saturated heterocycles. The molecule has 2 rings (SSSR count). The van der Waals surface area contributed by atoms with Crippen LogP contribution < -0.4 is 5.73 Å². The van der Waals surface area contributed by atoms with Crippen molar-refractivity contribution in [1.29, 1.82) is 0 Å². The molecular formula is C15H20N2O2S. The molecule has 0 bridgehead atoms. The van der Waals surface area contributed by atoms with E-state index in [-0.39, 0.29) is 11.5 Å². The highest BCUT2D eigenvalue weighted by molar-refractivity contribution is 7.80. The Hall–Kier alpha value is -1.46. The van der Waals surface area contributed by atoms with Crippen LogP contribution in [0.2, 0.25) is 0 Å². The molecule has 0 saturated carbocycles. The van der Waals surface area contributed by atoms with Gasteiger partial charge in [0.2, 0.25) is 0 Å². The molecule has 1 unspecified atom stereocenters. The summed E-state index contributed by atoms with van der Waals surface area (Å²) in [6.45, 7) is 3.41. The average molecular weight is 292 g/mol. The van der Waals surface area contributed by atoms with Crippen molar-refractivity contribution in [3.63, 3.8) is 0 Å². The van der Waals surface area contributed by atoms with E-state index in [0.717, 1.165) is 24.9 Å². The number of hydrogen-bond donors (Lipinski definition) is 1. The third-order valence-electron chi connectivity index (χ3n) is 3.83. The van der Waals surface area contributed by atoms with Crippen molar-refractivity contribution in [2.24, 2.45) is 5.73 Å². The van der Waals surface area contributed by atoms with Crippen LogP contribution in [0.3, 0.4) is 0 Å². The zero-order chi connectivity index (χ0) is 14.8. The fourth-order valence-corrected chi connectivity index (χ4v) is 2.66. The Labute approximate surface area is 124 Å². The van der Waals surface area contributed by atoms with Gasteiger partial charge in [-0.05, 0) is 31.9 Å². The predicted octanol–water partition coefficient (Wildman–Crippen LogP) is 1.96. The number of carbonyl (C=O) groups excluding carboxylic acids is 1. The first-order valence-corrected chi connectivity index (χ1v) is 7.10. The van der Waals surface area contributed by atoms with Gasteiger partial charge in [0, 0.05) is 31.3 Å². The van der Waals surface area contributed by atoms with Gasteiger partial charge in [-0.2, -0.15) is 0 Å². The van der Waals surface area contributed by atoms with E-state index in [1.807, 2.05) is 17.9 Å². The van der Waals surface area contributed by atoms with E-state index in [0.29, 0.717) is 17.1 Å². The number of methoxy groups -OCH3 is 1. The third kappa shape index (κ3) is 3.16. The second-order valence-corrected chi connectivity index (χ2v) is 5.87. The maximum Gasteiger partial charge on any atom is 0.253 e. The number of nitrogens with two attached hydrogens (primary N) is 1. The summed E-state index contributed by atoms with van der Waals surface area (Å²) >= 11 is 4.95. The molecule has 0 radical (unpaired) electrons. The first kappa shape index (κ1) is 14.9. The average Bonchev–Trinajstić information content (AvgIpc) is 2.46. The Kier molecular flexibility index (Phi) is 4.40. The molecule has 108 valence electrons. The van der Waals surface area contributed by atoms with Crippen molar-refractivity contribution in [2.45, 2.75) is 25.4 Å². The summed E-state index contributed by atoms with van der Waals surface area (Å²) in [4.78, 5) is 14.7. The van der Waals surface area contributed by atoms with Crippen molar-refractivity contribution >= 4 is 23.1 Å². The third-order valence-corrected chi connectivity index (χ3v) is 4.07. The standard InChI is InChI=1S/C15H20N2O2S/c1-15(19-2)7-4-8-17(10-15)14(18)12-6-3-5-11(9-12)13(16)20/h3,5-6,9H,4,7-8,10H2,1-2H3,(H2,16,20). The Morgan fingerprint density at radius 3 is 2.80 bits per heavy atom. The van der Waals surface area contributed by atoms with Crippen molar-refractivity contribution < 1.29 is 9.53 Å². The molecule has 20 heavy (non-hydrogen) atoms. The van der Waals surface area contributed by atoms with E-state index in [1.54, 1.807) is 25.3 Å². The summed E-state index contributed by atoms with van der Waals surface area (Å²) in [7, 11) is 1.70. The van der Waals surface area contributed by atoms with Crippen molar-refractivity contribution in [1.82, 2.24) is 4.90 Å². The lowest BCUT2D eigenvalue weighted by molar-refractivity contribution is -0.0440. The molecule has 1 aromatic rings. The first-order chi connectivity index (χ1) is 9.45. The zero-order valence-corrected chi connectivity index (χ0v) is 12.7. The zero-order valence-electron chi connectivity index (χ0n) is 11.9. The number of hydrogen-bond acceptors (Lipinski definition) is 3. The molecular weight excluding hydrogens is 272 g/mol. The topological polar surface area (TPSA) is 55.6 Å². The van der Waals surface area contributed by atoms with E-state index < -0.39 is 0 Å². The Morgan fingerprint density at radius 2 is 2.15 bits per heavy atom. The molecule has 0 aromatic heterocycles. The lowest BCUT2D eigenvalue weighted by atomic mass is 9.94. The smallest absolute Gasteiger partial charge is 0.253 e. The lowest BCUT2D eigenvalue weighted by Crippen LogP contribution is -2.49. The fraction of sp³-hybridized carbons (Fsp3) is 0.467. The van der Waals surface area contributed by atoms with Crippen LogP contribution >= 0.6 is 12.2 Å². The lowest BCUT2D eigenvalue weighted by Gasteiger charge is -2.39. The van der Waals surface area contributed by atoms with Gasteiger partial charge in [0.15, 0.2) is 0 Å². The summed E-state index contributed by atoms with van der Waals surface area (Å²) in [5.41, 5.74) is 6.70. The highest BCUT2D eigenvalue weighted by Gasteiger charge is 2.33. The van der Waals surface area contributed by atoms with Crippen LogP contribution in [-0.2, 0) is 4.74 Å². The first-order valence-electron chi connectivity index (χ1n) is 6.69. The molecule has 0 aliphatic carbocycles. The Balaban J connectivity index is 2.19. The van der Waals surface area contributed by atoms with E-state index in [9.17, 15) is 4.79 Å². The van der Waals surface area contributed by atoms with Gasteiger partial charge in [0.1, 0.15) is 4.99 Å². The number of rotatable bonds is 3. The van der Waals surface area contributed by atoms with Crippen molar-refractivity contribution in [3.05, 3.63) is 35.4 Å². The summed E-state index contributed by atoms with van der Waals surface area (Å²) in [5, 5.41) is 0. The number of carbonyl (C=O) groups is 1. The maximum absolute atomic E-state index is 12.6. The number of nitrogens with zero attached hydrogens (tertiary/aromatic N) is 1. The highest BCUT2D eigenvalue weighted by atomic mass is 32.1. The minimum atomic E-state index is -0.255. The minimum absolute atomic E-state index is 0.00563. The summed E-state index contributed by atoms with van der Waals surface area (Å²) in [5.74, 6) is 0.00563. The van der Waals surface area contributed by atoms with Gasteiger partial charge in [0.25, 0.3) is 5.91 Å². The van der Waals surface area contributed by atoms with Gasteiger partial charge in [-0.1, -0.05) is 24.4 Å². The van der Waals surface area contributed by atoms with Crippen molar-refractivity contribution in [2.75, 3.05) is 20.2 Å². The van der Waals surface area contributed by atoms with E-state index in [4.69, 9.17) is 22.7 Å². The van der Waals surface area contributed by atoms with Gasteiger partial charge in [-0.3, -0.25) is 4.79 Å². The van der Waals surface area contributed by atoms with Crippen LogP contribution in [0.1, 0.15) is 35.7 Å². The van der Waals surface area contributed by atoms with Crippen molar-refractivity contribution in [3.8, 4) is 0 Å². The van der Waals surface area contributed by atoms with E-state index >= 15 is 0 Å². The number of benzene rings is 1. The molecule has 1 heterocycles. The number of thiocarbonyl (C=S) groups is 1. The monoisotopic (exact) mass is 292 g/mol. The molecule has 0 spiro atoms. The molecule has 1 aromatic carbocycles. The summed E-state index contributed by atoms with van der Waals surface area (Å²) in [6.07, 6.45) is 1.92. The molecule has 1 aliphatic heterocycles. The van der Waals surface area contributed by atoms with Gasteiger partial charge >= 0.3 is 0 Å². The van der Waals surface area contributed by atoms with Gasteiger partial charge in [-0.15, -0.1) is 0 Å². The predicted molar refractivity (Wildman–Crippen MR) is 82.9 cm³/mol. The number of piperidine rings is 1. The molecule has 1 aliphatic rings. The highest BCUT2D eigenvalue weighted by Crippen LogP contribution is 2.25. The van der Waals surface area contributed by atoms with Crippen LogP contribution in [0.4, 0.5) is 0 Å². The number of ether oxygens (including phenoxy) is 1. The molecule has 1 amide bonds. The van der Waals surface area contributed by atoms with Crippen LogP contribution in [0.25, 0.3) is 0 Å². The van der Waals surface area contributed by atoms with Crippen LogP contribution in [0.5, 0.6) is 0 Å². The molecule has 2 N–H and O–H groups in total. The normalized spacial score (nSPS) is 22.6. The summed E-state index contributed by atoms with van der Waals surface area (Å²) < 4.78 is 5.52. The molecule has 1 atom stereocenters. The van der Waals surface area contributed by atoms with Gasteiger partial charge in [-0.25, -0.2) is 0 Å². The minimum Gasteiger partial charge on any atom is -0.389 e. The Morgan fingerprint density at radius 1 is 1.45 bits per heavy atom. The quantitative estimate of drug-likeness (QED) is 0.865. The summed E-state index contributed by atoms with van der Waals surface area (Å²) in [6, 6.07) is 7.17. The van der Waals surface area contributed by atoms with Gasteiger partial charge < -0.3 is 15.4 Å². The molecule has 1 fully saturated rings. The molecule has 5 heteroatoms. The van der Waals surface area contributed by atoms with Crippen LogP contribution in [-0.4, -0.2) is 41.6 Å². The second kappa shape index (κ2) is 5.89. The fourth-order valence-electron chi connectivity index (χ4n) is 2.53. The SMILES string of the molecule is COC1(C)CCCN(C(=O)c2cccc(C(N)=S)c2)C1. The van der Waals surface area contributed by atoms with Crippen LogP contribution in [0.15, 0.2) is 24.3 Å². The van der Waals surface area contributed by atoms with E-state index in [2.05, 4.69) is 0 Å². The second-order valence-electron chi connectivity index (χ2n) is 5.43. The van der Waals surface area contributed by atoms with Gasteiger partial charge in [0.05, 0.1) is 5.60 Å². The Bertz CT molecular complexity index is 532. The van der Waals surface area contributed by atoms with E-state index in [1.165, 1.54) is 0 Å². The largest absolute Gasteiger partial charge is 0.389 e. The number of amides is 1. The molecule has 4 nitrogen and oxygen atoms in total. The van der Waals surface area contributed by atoms with Crippen LogP contribution in [0, 0.1) is 0 Å².